The van der Waals surface area contributed by atoms with Crippen LogP contribution in [0.3, 0.4) is 0 Å². The van der Waals surface area contributed by atoms with Crippen molar-refractivity contribution in [2.75, 3.05) is 23.8 Å². The summed E-state index contributed by atoms with van der Waals surface area (Å²) in [5.74, 6) is 0.779. The number of ether oxygens (including phenoxy) is 2. The normalized spacial score (nSPS) is 10.5. The summed E-state index contributed by atoms with van der Waals surface area (Å²) in [6, 6.07) is 17.5. The Kier molecular flexibility index (Phi) is 8.42. The Morgan fingerprint density at radius 1 is 1.00 bits per heavy atom. The van der Waals surface area contributed by atoms with E-state index in [2.05, 4.69) is 45.6 Å². The molecule has 3 aromatic carbocycles. The number of carbonyl (C=O) groups is 1. The van der Waals surface area contributed by atoms with E-state index in [-0.39, 0.29) is 12.5 Å². The maximum Gasteiger partial charge on any atom is 0.262 e. The fourth-order valence-electron chi connectivity index (χ4n) is 3.01. The Morgan fingerprint density at radius 3 is 2.41 bits per heavy atom. The Morgan fingerprint density at radius 2 is 1.72 bits per heavy atom. The van der Waals surface area contributed by atoms with E-state index in [4.69, 9.17) is 21.1 Å². The van der Waals surface area contributed by atoms with Crippen LogP contribution in [0.2, 0.25) is 5.02 Å². The van der Waals surface area contributed by atoms with E-state index in [1.54, 1.807) is 12.1 Å². The topological polar surface area (TPSA) is 59.6 Å². The van der Waals surface area contributed by atoms with Crippen LogP contribution in [0.1, 0.15) is 23.6 Å². The van der Waals surface area contributed by atoms with E-state index < -0.39 is 0 Å². The summed E-state index contributed by atoms with van der Waals surface area (Å²) in [6.45, 7) is 6.81. The first-order valence-electron chi connectivity index (χ1n) is 10.3. The molecule has 0 atom stereocenters. The summed E-state index contributed by atoms with van der Waals surface area (Å²) in [4.78, 5) is 12.4. The third kappa shape index (κ3) is 6.65. The molecule has 32 heavy (non-hydrogen) atoms. The number of rotatable bonds is 9. The van der Waals surface area contributed by atoms with Gasteiger partial charge in [-0.1, -0.05) is 35.4 Å². The van der Waals surface area contributed by atoms with Crippen LogP contribution in [-0.2, 0) is 11.3 Å². The fraction of sp³-hybridized carbons (Fsp3) is 0.240. The van der Waals surface area contributed by atoms with Gasteiger partial charge in [-0.05, 0) is 84.2 Å². The summed E-state index contributed by atoms with van der Waals surface area (Å²) in [6.07, 6.45) is 0. The summed E-state index contributed by atoms with van der Waals surface area (Å²) >= 11 is 9.68. The lowest BCUT2D eigenvalue weighted by atomic mass is 10.2. The van der Waals surface area contributed by atoms with E-state index in [1.807, 2.05) is 44.2 Å². The third-order valence-electron chi connectivity index (χ3n) is 4.72. The molecule has 7 heteroatoms. The summed E-state index contributed by atoms with van der Waals surface area (Å²) < 4.78 is 12.3. The number of carbonyl (C=O) groups excluding carboxylic acids is 1. The molecule has 0 aliphatic carbocycles. The number of benzene rings is 3. The van der Waals surface area contributed by atoms with E-state index in [0.717, 1.165) is 21.3 Å². The van der Waals surface area contributed by atoms with E-state index in [0.29, 0.717) is 35.4 Å². The molecule has 3 aromatic rings. The van der Waals surface area contributed by atoms with Crippen LogP contribution < -0.4 is 20.1 Å². The highest BCUT2D eigenvalue weighted by atomic mass is 79.9. The van der Waals surface area contributed by atoms with Crippen LogP contribution in [0.5, 0.6) is 11.5 Å². The molecule has 0 aromatic heterocycles. The predicted molar refractivity (Wildman–Crippen MR) is 134 cm³/mol. The van der Waals surface area contributed by atoms with Crippen LogP contribution in [0.25, 0.3) is 0 Å². The molecule has 0 bridgehead atoms. The molecule has 1 amide bonds. The average molecular weight is 518 g/mol. The van der Waals surface area contributed by atoms with Crippen molar-refractivity contribution in [3.63, 3.8) is 0 Å². The Balaban J connectivity index is 1.66. The lowest BCUT2D eigenvalue weighted by molar-refractivity contribution is -0.118. The van der Waals surface area contributed by atoms with Crippen molar-refractivity contribution in [2.24, 2.45) is 0 Å². The molecular formula is C25H26BrClN2O3. The summed E-state index contributed by atoms with van der Waals surface area (Å²) in [7, 11) is 0. The monoisotopic (exact) mass is 516 g/mol. The highest BCUT2D eigenvalue weighted by Gasteiger charge is 2.14. The van der Waals surface area contributed by atoms with E-state index in [9.17, 15) is 4.79 Å². The van der Waals surface area contributed by atoms with Gasteiger partial charge < -0.3 is 20.1 Å². The highest BCUT2D eigenvalue weighted by molar-refractivity contribution is 9.10. The Labute approximate surface area is 202 Å². The minimum atomic E-state index is -0.288. The maximum atomic E-state index is 12.4. The van der Waals surface area contributed by atoms with Gasteiger partial charge in [0.15, 0.2) is 18.1 Å². The molecule has 0 spiro atoms. The van der Waals surface area contributed by atoms with Gasteiger partial charge in [0, 0.05) is 22.9 Å². The molecule has 0 aliphatic heterocycles. The summed E-state index contributed by atoms with van der Waals surface area (Å²) in [5.41, 5.74) is 4.84. The molecule has 3 rings (SSSR count). The van der Waals surface area contributed by atoms with E-state index >= 15 is 0 Å². The second kappa shape index (κ2) is 11.2. The largest absolute Gasteiger partial charge is 0.490 e. The molecule has 5 nitrogen and oxygen atoms in total. The van der Waals surface area contributed by atoms with Gasteiger partial charge in [-0.2, -0.15) is 0 Å². The van der Waals surface area contributed by atoms with Crippen molar-refractivity contribution in [1.29, 1.82) is 0 Å². The standard InChI is InChI=1S/C25H26BrClN2O3/c1-4-31-23-12-18(14-28-19-8-5-16(2)6-9-19)11-21(26)25(23)32-15-24(30)29-20-10-7-17(3)22(27)13-20/h5-13,28H,4,14-15H2,1-3H3,(H,29,30). The molecule has 168 valence electrons. The molecular weight excluding hydrogens is 492 g/mol. The van der Waals surface area contributed by atoms with Crippen LogP contribution in [0.4, 0.5) is 11.4 Å². The molecule has 0 saturated carbocycles. The smallest absolute Gasteiger partial charge is 0.262 e. The molecule has 0 fully saturated rings. The van der Waals surface area contributed by atoms with Crippen molar-refractivity contribution in [3.8, 4) is 11.5 Å². The summed E-state index contributed by atoms with van der Waals surface area (Å²) in [5, 5.41) is 6.79. The first kappa shape index (κ1) is 24.0. The molecule has 2 N–H and O–H groups in total. The van der Waals surface area contributed by atoms with Gasteiger partial charge in [0.1, 0.15) is 0 Å². The minimum Gasteiger partial charge on any atom is -0.490 e. The SMILES string of the molecule is CCOc1cc(CNc2ccc(C)cc2)cc(Br)c1OCC(=O)Nc1ccc(C)c(Cl)c1. The number of hydrogen-bond donors (Lipinski definition) is 2. The van der Waals surface area contributed by atoms with Crippen molar-refractivity contribution in [1.82, 2.24) is 0 Å². The molecule has 0 saturated heterocycles. The van der Waals surface area contributed by atoms with Gasteiger partial charge in [-0.25, -0.2) is 0 Å². The van der Waals surface area contributed by atoms with Crippen LogP contribution in [0, 0.1) is 13.8 Å². The molecule has 0 unspecified atom stereocenters. The lowest BCUT2D eigenvalue weighted by Crippen LogP contribution is -2.20. The number of anilines is 2. The minimum absolute atomic E-state index is 0.162. The van der Waals surface area contributed by atoms with Crippen LogP contribution in [-0.4, -0.2) is 19.1 Å². The maximum absolute atomic E-state index is 12.4. The zero-order chi connectivity index (χ0) is 23.1. The molecule has 0 radical (unpaired) electrons. The van der Waals surface area contributed by atoms with Crippen molar-refractivity contribution < 1.29 is 14.3 Å². The highest BCUT2D eigenvalue weighted by Crippen LogP contribution is 2.37. The van der Waals surface area contributed by atoms with Crippen LogP contribution >= 0.6 is 27.5 Å². The molecule has 0 aliphatic rings. The number of hydrogen-bond acceptors (Lipinski definition) is 4. The number of nitrogens with one attached hydrogen (secondary N) is 2. The average Bonchev–Trinajstić information content (AvgIpc) is 2.75. The quantitative estimate of drug-likeness (QED) is 0.330. The lowest BCUT2D eigenvalue weighted by Gasteiger charge is -2.16. The van der Waals surface area contributed by atoms with Gasteiger partial charge in [0.2, 0.25) is 0 Å². The van der Waals surface area contributed by atoms with Gasteiger partial charge in [0.25, 0.3) is 5.91 Å². The third-order valence-corrected chi connectivity index (χ3v) is 5.72. The van der Waals surface area contributed by atoms with Gasteiger partial charge in [0.05, 0.1) is 11.1 Å². The second-order valence-corrected chi connectivity index (χ2v) is 8.62. The van der Waals surface area contributed by atoms with Gasteiger partial charge in [-0.15, -0.1) is 0 Å². The fourth-order valence-corrected chi connectivity index (χ4v) is 3.79. The second-order valence-electron chi connectivity index (χ2n) is 7.36. The van der Waals surface area contributed by atoms with E-state index in [1.165, 1.54) is 5.56 Å². The van der Waals surface area contributed by atoms with Crippen LogP contribution in [0.15, 0.2) is 59.1 Å². The zero-order valence-electron chi connectivity index (χ0n) is 18.3. The van der Waals surface area contributed by atoms with Crippen molar-refractivity contribution >= 4 is 44.8 Å². The van der Waals surface area contributed by atoms with Crippen molar-refractivity contribution in [3.05, 3.63) is 80.8 Å². The number of amides is 1. The van der Waals surface area contributed by atoms with Gasteiger partial charge >= 0.3 is 0 Å². The molecule has 0 heterocycles. The Hall–Kier alpha value is -2.70. The van der Waals surface area contributed by atoms with Gasteiger partial charge in [-0.3, -0.25) is 4.79 Å². The first-order chi connectivity index (χ1) is 15.4. The number of halogens is 2. The number of aryl methyl sites for hydroxylation is 2. The Bertz CT molecular complexity index is 1090. The zero-order valence-corrected chi connectivity index (χ0v) is 20.6. The first-order valence-corrected chi connectivity index (χ1v) is 11.5. The predicted octanol–water partition coefficient (Wildman–Crippen LogP) is 6.75. The van der Waals surface area contributed by atoms with Crippen molar-refractivity contribution in [2.45, 2.75) is 27.3 Å².